The van der Waals surface area contributed by atoms with E-state index in [1.54, 1.807) is 0 Å². The third kappa shape index (κ3) is 4.97. The first-order valence-corrected chi connectivity index (χ1v) is 5.86. The van der Waals surface area contributed by atoms with Gasteiger partial charge in [-0.1, -0.05) is 18.2 Å². The molecular weight excluding hydrogens is 230 g/mol. The van der Waals surface area contributed by atoms with Gasteiger partial charge in [-0.2, -0.15) is 0 Å². The van der Waals surface area contributed by atoms with Crippen LogP contribution in [0.4, 0.5) is 5.69 Å². The van der Waals surface area contributed by atoms with E-state index in [2.05, 4.69) is 10.6 Å². The SMILES string of the molecule is Cc1ccccc1NC(=O)CNC(C)CC(N)=O. The average Bonchev–Trinajstić information content (AvgIpc) is 2.29. The first-order valence-electron chi connectivity index (χ1n) is 5.86. The van der Waals surface area contributed by atoms with E-state index in [1.165, 1.54) is 0 Å². The van der Waals surface area contributed by atoms with E-state index in [0.717, 1.165) is 11.3 Å². The highest BCUT2D eigenvalue weighted by Gasteiger charge is 2.08. The van der Waals surface area contributed by atoms with Crippen LogP contribution in [-0.2, 0) is 9.59 Å². The van der Waals surface area contributed by atoms with Crippen molar-refractivity contribution < 1.29 is 9.59 Å². The van der Waals surface area contributed by atoms with E-state index < -0.39 is 0 Å². The summed E-state index contributed by atoms with van der Waals surface area (Å²) in [6, 6.07) is 7.45. The van der Waals surface area contributed by atoms with Gasteiger partial charge in [0.25, 0.3) is 0 Å². The largest absolute Gasteiger partial charge is 0.370 e. The highest BCUT2D eigenvalue weighted by Crippen LogP contribution is 2.12. The van der Waals surface area contributed by atoms with Crippen LogP contribution in [-0.4, -0.2) is 24.4 Å². The number of carbonyl (C=O) groups excluding carboxylic acids is 2. The van der Waals surface area contributed by atoms with Crippen molar-refractivity contribution in [1.82, 2.24) is 5.32 Å². The Bertz CT molecular complexity index is 432. The van der Waals surface area contributed by atoms with E-state index in [0.29, 0.717) is 0 Å². The number of primary amides is 1. The molecule has 0 radical (unpaired) electrons. The lowest BCUT2D eigenvalue weighted by atomic mass is 10.2. The number of nitrogens with two attached hydrogens (primary N) is 1. The summed E-state index contributed by atoms with van der Waals surface area (Å²) in [5.41, 5.74) is 6.87. The maximum Gasteiger partial charge on any atom is 0.238 e. The van der Waals surface area contributed by atoms with Gasteiger partial charge in [0, 0.05) is 18.2 Å². The number of nitrogens with one attached hydrogen (secondary N) is 2. The van der Waals surface area contributed by atoms with Crippen LogP contribution in [0.15, 0.2) is 24.3 Å². The number of hydrogen-bond acceptors (Lipinski definition) is 3. The minimum absolute atomic E-state index is 0.106. The lowest BCUT2D eigenvalue weighted by molar-refractivity contribution is -0.119. The number of carbonyl (C=O) groups is 2. The molecule has 5 heteroatoms. The normalized spacial score (nSPS) is 11.9. The van der Waals surface area contributed by atoms with Crippen LogP contribution in [0.5, 0.6) is 0 Å². The van der Waals surface area contributed by atoms with E-state index >= 15 is 0 Å². The molecule has 0 aromatic heterocycles. The van der Waals surface area contributed by atoms with Gasteiger partial charge in [0.2, 0.25) is 11.8 Å². The van der Waals surface area contributed by atoms with Gasteiger partial charge in [0.1, 0.15) is 0 Å². The summed E-state index contributed by atoms with van der Waals surface area (Å²) in [4.78, 5) is 22.3. The number of amides is 2. The molecule has 0 aliphatic heterocycles. The maximum absolute atomic E-state index is 11.7. The van der Waals surface area contributed by atoms with Gasteiger partial charge >= 0.3 is 0 Å². The highest BCUT2D eigenvalue weighted by molar-refractivity contribution is 5.93. The monoisotopic (exact) mass is 249 g/mol. The zero-order valence-corrected chi connectivity index (χ0v) is 10.7. The predicted molar refractivity (Wildman–Crippen MR) is 71.1 cm³/mol. The van der Waals surface area contributed by atoms with E-state index in [9.17, 15) is 9.59 Å². The Morgan fingerprint density at radius 3 is 2.61 bits per heavy atom. The summed E-state index contributed by atoms with van der Waals surface area (Å²) in [5, 5.41) is 5.74. The summed E-state index contributed by atoms with van der Waals surface area (Å²) >= 11 is 0. The Morgan fingerprint density at radius 2 is 2.00 bits per heavy atom. The molecule has 2 amide bonds. The fraction of sp³-hybridized carbons (Fsp3) is 0.385. The Morgan fingerprint density at radius 1 is 1.33 bits per heavy atom. The van der Waals surface area contributed by atoms with Crippen molar-refractivity contribution in [3.63, 3.8) is 0 Å². The minimum atomic E-state index is -0.380. The van der Waals surface area contributed by atoms with Gasteiger partial charge in [-0.15, -0.1) is 0 Å². The molecule has 0 aliphatic rings. The molecule has 98 valence electrons. The molecular formula is C13H19N3O2. The molecule has 1 unspecified atom stereocenters. The van der Waals surface area contributed by atoms with Crippen molar-refractivity contribution in [2.24, 2.45) is 5.73 Å². The molecule has 4 N–H and O–H groups in total. The third-order valence-electron chi connectivity index (χ3n) is 2.54. The molecule has 0 fully saturated rings. The smallest absolute Gasteiger partial charge is 0.238 e. The fourth-order valence-corrected chi connectivity index (χ4v) is 1.55. The van der Waals surface area contributed by atoms with Crippen molar-refractivity contribution in [3.05, 3.63) is 29.8 Å². The zero-order chi connectivity index (χ0) is 13.5. The van der Waals surface area contributed by atoms with Crippen LogP contribution in [0, 0.1) is 6.92 Å². The van der Waals surface area contributed by atoms with Crippen LogP contribution in [0.1, 0.15) is 18.9 Å². The fourth-order valence-electron chi connectivity index (χ4n) is 1.55. The van der Waals surface area contributed by atoms with Crippen molar-refractivity contribution >= 4 is 17.5 Å². The summed E-state index contributed by atoms with van der Waals surface area (Å²) in [7, 11) is 0. The number of aryl methyl sites for hydroxylation is 1. The molecule has 5 nitrogen and oxygen atoms in total. The Labute approximate surface area is 107 Å². The second-order valence-electron chi connectivity index (χ2n) is 4.32. The first-order chi connectivity index (χ1) is 8.49. The summed E-state index contributed by atoms with van der Waals surface area (Å²) < 4.78 is 0. The van der Waals surface area contributed by atoms with Gasteiger partial charge in [-0.05, 0) is 25.5 Å². The number of hydrogen-bond donors (Lipinski definition) is 3. The number of rotatable bonds is 6. The van der Waals surface area contributed by atoms with Crippen molar-refractivity contribution in [2.45, 2.75) is 26.3 Å². The standard InChI is InChI=1S/C13H19N3O2/c1-9-5-3-4-6-11(9)16-13(18)8-15-10(2)7-12(14)17/h3-6,10,15H,7-8H2,1-2H3,(H2,14,17)(H,16,18). The number of anilines is 1. The average molecular weight is 249 g/mol. The number of para-hydroxylation sites is 1. The van der Waals surface area contributed by atoms with Gasteiger partial charge in [0.15, 0.2) is 0 Å². The Kier molecular flexibility index (Phi) is 5.32. The topological polar surface area (TPSA) is 84.2 Å². The lowest BCUT2D eigenvalue weighted by Gasteiger charge is -2.12. The molecule has 1 aromatic rings. The number of benzene rings is 1. The first kappa shape index (κ1) is 14.2. The molecule has 1 aromatic carbocycles. The second-order valence-corrected chi connectivity index (χ2v) is 4.32. The quantitative estimate of drug-likeness (QED) is 0.696. The third-order valence-corrected chi connectivity index (χ3v) is 2.54. The molecule has 0 saturated heterocycles. The molecule has 0 aliphatic carbocycles. The minimum Gasteiger partial charge on any atom is -0.370 e. The Balaban J connectivity index is 2.39. The molecule has 1 atom stereocenters. The van der Waals surface area contributed by atoms with Crippen LogP contribution in [0.25, 0.3) is 0 Å². The predicted octanol–water partition coefficient (Wildman–Crippen LogP) is 0.787. The Hall–Kier alpha value is -1.88. The summed E-state index contributed by atoms with van der Waals surface area (Å²) in [6.07, 6.45) is 0.220. The van der Waals surface area contributed by atoms with Crippen LogP contribution < -0.4 is 16.4 Å². The van der Waals surface area contributed by atoms with Gasteiger partial charge in [-0.3, -0.25) is 9.59 Å². The molecule has 1 rings (SSSR count). The second kappa shape index (κ2) is 6.76. The molecule has 0 spiro atoms. The highest BCUT2D eigenvalue weighted by atomic mass is 16.2. The molecule has 18 heavy (non-hydrogen) atoms. The van der Waals surface area contributed by atoms with Crippen molar-refractivity contribution in [1.29, 1.82) is 0 Å². The zero-order valence-electron chi connectivity index (χ0n) is 10.7. The van der Waals surface area contributed by atoms with Gasteiger partial charge < -0.3 is 16.4 Å². The van der Waals surface area contributed by atoms with E-state index in [4.69, 9.17) is 5.73 Å². The maximum atomic E-state index is 11.7. The van der Waals surface area contributed by atoms with Gasteiger partial charge in [-0.25, -0.2) is 0 Å². The molecule has 0 saturated carbocycles. The summed E-state index contributed by atoms with van der Waals surface area (Å²) in [5.74, 6) is -0.519. The molecule has 0 bridgehead atoms. The van der Waals surface area contributed by atoms with E-state index in [1.807, 2.05) is 38.1 Å². The van der Waals surface area contributed by atoms with Crippen LogP contribution in [0.3, 0.4) is 0 Å². The van der Waals surface area contributed by atoms with Crippen LogP contribution in [0.2, 0.25) is 0 Å². The van der Waals surface area contributed by atoms with Crippen LogP contribution >= 0.6 is 0 Å². The van der Waals surface area contributed by atoms with Gasteiger partial charge in [0.05, 0.1) is 6.54 Å². The molecule has 0 heterocycles. The van der Waals surface area contributed by atoms with Crippen molar-refractivity contribution in [3.8, 4) is 0 Å². The summed E-state index contributed by atoms with van der Waals surface area (Å²) in [6.45, 7) is 3.90. The lowest BCUT2D eigenvalue weighted by Crippen LogP contribution is -2.36. The van der Waals surface area contributed by atoms with E-state index in [-0.39, 0.29) is 30.8 Å². The van der Waals surface area contributed by atoms with Crippen molar-refractivity contribution in [2.75, 3.05) is 11.9 Å².